The second-order valence-corrected chi connectivity index (χ2v) is 6.09. The maximum absolute atomic E-state index is 12.6. The van der Waals surface area contributed by atoms with Gasteiger partial charge in [-0.25, -0.2) is 0 Å². The van der Waals surface area contributed by atoms with Crippen molar-refractivity contribution >= 4 is 5.91 Å². The first kappa shape index (κ1) is 15.0. The van der Waals surface area contributed by atoms with Crippen molar-refractivity contribution in [3.05, 3.63) is 35.4 Å². The average molecular weight is 274 g/mol. The van der Waals surface area contributed by atoms with Gasteiger partial charge >= 0.3 is 0 Å². The molecular formula is C17H26N2O. The molecule has 3 nitrogen and oxygen atoms in total. The third-order valence-corrected chi connectivity index (χ3v) is 4.28. The Bertz CT molecular complexity index is 450. The van der Waals surface area contributed by atoms with Gasteiger partial charge < -0.3 is 10.6 Å². The van der Waals surface area contributed by atoms with E-state index in [0.29, 0.717) is 0 Å². The minimum absolute atomic E-state index is 0.0224. The summed E-state index contributed by atoms with van der Waals surface area (Å²) in [4.78, 5) is 12.6. The van der Waals surface area contributed by atoms with E-state index < -0.39 is 0 Å². The van der Waals surface area contributed by atoms with Crippen LogP contribution in [-0.4, -0.2) is 25.0 Å². The normalized spacial score (nSPS) is 17.7. The Kier molecular flexibility index (Phi) is 5.18. The second-order valence-electron chi connectivity index (χ2n) is 6.09. The summed E-state index contributed by atoms with van der Waals surface area (Å²) in [6, 6.07) is 7.94. The molecular weight excluding hydrogens is 248 g/mol. The van der Waals surface area contributed by atoms with Crippen LogP contribution in [0.4, 0.5) is 0 Å². The van der Waals surface area contributed by atoms with Gasteiger partial charge in [0.05, 0.1) is 0 Å². The highest BCUT2D eigenvalue weighted by atomic mass is 16.1. The van der Waals surface area contributed by atoms with Crippen LogP contribution in [0.25, 0.3) is 0 Å². The summed E-state index contributed by atoms with van der Waals surface area (Å²) in [5.74, 6) is 0.0844. The summed E-state index contributed by atoms with van der Waals surface area (Å²) in [5, 5.41) is 6.41. The largest absolute Gasteiger partial charge is 0.347 e. The summed E-state index contributed by atoms with van der Waals surface area (Å²) >= 11 is 0. The van der Waals surface area contributed by atoms with E-state index in [4.69, 9.17) is 0 Å². The Balaban J connectivity index is 2.08. The lowest BCUT2D eigenvalue weighted by Crippen LogP contribution is -2.47. The van der Waals surface area contributed by atoms with E-state index in [2.05, 4.69) is 23.6 Å². The van der Waals surface area contributed by atoms with Crippen molar-refractivity contribution in [1.82, 2.24) is 10.6 Å². The van der Waals surface area contributed by atoms with Gasteiger partial charge in [0.15, 0.2) is 0 Å². The van der Waals surface area contributed by atoms with E-state index in [1.165, 1.54) is 19.3 Å². The van der Waals surface area contributed by atoms with Crippen LogP contribution in [0.15, 0.2) is 24.3 Å². The van der Waals surface area contributed by atoms with Crippen LogP contribution in [0.2, 0.25) is 0 Å². The van der Waals surface area contributed by atoms with Gasteiger partial charge in [0, 0.05) is 11.1 Å². The molecule has 0 bridgehead atoms. The number of hydrogen-bond acceptors (Lipinski definition) is 2. The number of carbonyl (C=O) groups is 1. The number of carbonyl (C=O) groups excluding carboxylic acids is 1. The lowest BCUT2D eigenvalue weighted by Gasteiger charge is -2.34. The first-order chi connectivity index (χ1) is 9.64. The summed E-state index contributed by atoms with van der Waals surface area (Å²) in [5.41, 5.74) is 1.93. The van der Waals surface area contributed by atoms with Crippen LogP contribution < -0.4 is 10.6 Å². The monoisotopic (exact) mass is 274 g/mol. The van der Waals surface area contributed by atoms with Gasteiger partial charge in [-0.15, -0.1) is 0 Å². The minimum Gasteiger partial charge on any atom is -0.347 e. The van der Waals surface area contributed by atoms with Crippen molar-refractivity contribution in [2.24, 2.45) is 0 Å². The van der Waals surface area contributed by atoms with Crippen molar-refractivity contribution in [3.63, 3.8) is 0 Å². The molecule has 110 valence electrons. The van der Waals surface area contributed by atoms with E-state index >= 15 is 0 Å². The quantitative estimate of drug-likeness (QED) is 0.867. The molecule has 2 rings (SSSR count). The Labute approximate surface area is 122 Å². The molecule has 1 aliphatic carbocycles. The maximum atomic E-state index is 12.6. The van der Waals surface area contributed by atoms with E-state index in [9.17, 15) is 4.79 Å². The number of benzene rings is 1. The summed E-state index contributed by atoms with van der Waals surface area (Å²) in [7, 11) is 1.94. The molecule has 1 amide bonds. The van der Waals surface area contributed by atoms with Crippen LogP contribution in [0, 0.1) is 0 Å². The molecule has 0 heterocycles. The Morgan fingerprint density at radius 2 is 1.90 bits per heavy atom. The smallest absolute Gasteiger partial charge is 0.251 e. The highest BCUT2D eigenvalue weighted by Crippen LogP contribution is 2.28. The number of amides is 1. The highest BCUT2D eigenvalue weighted by molar-refractivity contribution is 5.96. The van der Waals surface area contributed by atoms with Crippen LogP contribution in [0.1, 0.15) is 54.9 Å². The number of nitrogens with one attached hydrogen (secondary N) is 2. The lowest BCUT2D eigenvalue weighted by molar-refractivity contribution is 0.0881. The molecule has 0 radical (unpaired) electrons. The van der Waals surface area contributed by atoms with Crippen LogP contribution in [-0.2, 0) is 6.42 Å². The van der Waals surface area contributed by atoms with Crippen molar-refractivity contribution in [3.8, 4) is 0 Å². The molecule has 1 fully saturated rings. The first-order valence-corrected chi connectivity index (χ1v) is 7.70. The predicted octanol–water partition coefficient (Wildman–Crippen LogP) is 2.90. The van der Waals surface area contributed by atoms with E-state index in [1.54, 1.807) is 0 Å². The van der Waals surface area contributed by atoms with Crippen molar-refractivity contribution < 1.29 is 4.79 Å². The molecule has 2 N–H and O–H groups in total. The molecule has 0 spiro atoms. The van der Waals surface area contributed by atoms with Gasteiger partial charge in [-0.1, -0.05) is 37.5 Å². The van der Waals surface area contributed by atoms with Crippen molar-refractivity contribution in [1.29, 1.82) is 0 Å². The molecule has 1 aliphatic rings. The first-order valence-electron chi connectivity index (χ1n) is 7.70. The maximum Gasteiger partial charge on any atom is 0.251 e. The molecule has 0 saturated heterocycles. The zero-order valence-electron chi connectivity index (χ0n) is 12.7. The molecule has 0 aromatic heterocycles. The van der Waals surface area contributed by atoms with E-state index in [1.807, 2.05) is 25.2 Å². The van der Waals surface area contributed by atoms with Crippen LogP contribution >= 0.6 is 0 Å². The lowest BCUT2D eigenvalue weighted by atomic mass is 9.83. The molecule has 0 atom stereocenters. The third-order valence-electron chi connectivity index (χ3n) is 4.28. The SMILES string of the molecule is CNCCc1ccccc1C(=O)NC1(C)CCCCC1. The zero-order valence-corrected chi connectivity index (χ0v) is 12.7. The summed E-state index contributed by atoms with van der Waals surface area (Å²) in [6.45, 7) is 3.07. The summed E-state index contributed by atoms with van der Waals surface area (Å²) in [6.07, 6.45) is 6.81. The molecule has 1 saturated carbocycles. The van der Waals surface area contributed by atoms with Crippen molar-refractivity contribution in [2.45, 2.75) is 51.0 Å². The predicted molar refractivity (Wildman–Crippen MR) is 83.0 cm³/mol. The van der Waals surface area contributed by atoms with Crippen LogP contribution in [0.5, 0.6) is 0 Å². The zero-order chi connectivity index (χ0) is 14.4. The topological polar surface area (TPSA) is 41.1 Å². The number of rotatable bonds is 5. The molecule has 3 heteroatoms. The fourth-order valence-electron chi connectivity index (χ4n) is 3.02. The third kappa shape index (κ3) is 3.83. The molecule has 0 aliphatic heterocycles. The number of likely N-dealkylation sites (N-methyl/N-ethyl adjacent to an activating group) is 1. The fourth-order valence-corrected chi connectivity index (χ4v) is 3.02. The number of hydrogen-bond donors (Lipinski definition) is 2. The van der Waals surface area contributed by atoms with Gasteiger partial charge in [-0.05, 0) is 51.4 Å². The average Bonchev–Trinajstić information content (AvgIpc) is 2.45. The Hall–Kier alpha value is -1.35. The van der Waals surface area contributed by atoms with Gasteiger partial charge in [-0.3, -0.25) is 4.79 Å². The Morgan fingerprint density at radius 1 is 1.20 bits per heavy atom. The van der Waals surface area contributed by atoms with Gasteiger partial charge in [0.25, 0.3) is 5.91 Å². The van der Waals surface area contributed by atoms with Gasteiger partial charge in [0.1, 0.15) is 0 Å². The van der Waals surface area contributed by atoms with E-state index in [-0.39, 0.29) is 11.4 Å². The minimum atomic E-state index is -0.0224. The standard InChI is InChI=1S/C17H26N2O/c1-17(11-6-3-7-12-17)19-16(20)15-9-5-4-8-14(15)10-13-18-2/h4-5,8-9,18H,3,6-7,10-13H2,1-2H3,(H,19,20). The van der Waals surface area contributed by atoms with Gasteiger partial charge in [0.2, 0.25) is 0 Å². The molecule has 0 unspecified atom stereocenters. The molecule has 1 aromatic carbocycles. The fraction of sp³-hybridized carbons (Fsp3) is 0.588. The van der Waals surface area contributed by atoms with Gasteiger partial charge in [-0.2, -0.15) is 0 Å². The van der Waals surface area contributed by atoms with E-state index in [0.717, 1.165) is 36.9 Å². The van der Waals surface area contributed by atoms with Crippen molar-refractivity contribution in [2.75, 3.05) is 13.6 Å². The Morgan fingerprint density at radius 3 is 2.60 bits per heavy atom. The highest BCUT2D eigenvalue weighted by Gasteiger charge is 2.29. The molecule has 1 aromatic rings. The molecule has 20 heavy (non-hydrogen) atoms. The van der Waals surface area contributed by atoms with Crippen LogP contribution in [0.3, 0.4) is 0 Å². The second kappa shape index (κ2) is 6.89. The summed E-state index contributed by atoms with van der Waals surface area (Å²) < 4.78 is 0.